The Morgan fingerprint density at radius 3 is 2.36 bits per heavy atom. The van der Waals surface area contributed by atoms with Crippen LogP contribution >= 0.6 is 0 Å². The van der Waals surface area contributed by atoms with E-state index in [0.717, 1.165) is 22.4 Å². The van der Waals surface area contributed by atoms with E-state index in [2.05, 4.69) is 19.7 Å². The van der Waals surface area contributed by atoms with Gasteiger partial charge in [0.2, 0.25) is 15.9 Å². The molecule has 33 heavy (non-hydrogen) atoms. The maximum absolute atomic E-state index is 13.4. The van der Waals surface area contributed by atoms with Gasteiger partial charge in [0.25, 0.3) is 0 Å². The molecule has 1 atom stereocenters. The van der Waals surface area contributed by atoms with Gasteiger partial charge in [-0.05, 0) is 56.0 Å². The molecule has 4 aromatic rings. The van der Waals surface area contributed by atoms with E-state index < -0.39 is 16.1 Å². The Labute approximate surface area is 194 Å². The number of sulfonamides is 1. The van der Waals surface area contributed by atoms with Gasteiger partial charge in [-0.1, -0.05) is 43.3 Å². The first kappa shape index (κ1) is 23.1. The monoisotopic (exact) mass is 467 g/mol. The summed E-state index contributed by atoms with van der Waals surface area (Å²) in [5.41, 5.74) is 3.00. The van der Waals surface area contributed by atoms with E-state index in [-0.39, 0.29) is 10.8 Å². The molecular weight excluding hydrogens is 438 g/mol. The minimum Gasteiger partial charge on any atom is -0.338 e. The molecule has 0 spiro atoms. The molecule has 0 N–H and O–H groups in total. The van der Waals surface area contributed by atoms with Crippen LogP contribution in [0.15, 0.2) is 57.9 Å². The van der Waals surface area contributed by atoms with Crippen molar-refractivity contribution in [1.29, 1.82) is 0 Å². The van der Waals surface area contributed by atoms with Crippen LogP contribution in [0, 0.1) is 19.8 Å². The molecule has 0 bridgehead atoms. The highest BCUT2D eigenvalue weighted by Crippen LogP contribution is 2.30. The van der Waals surface area contributed by atoms with Crippen LogP contribution in [0.3, 0.4) is 0 Å². The van der Waals surface area contributed by atoms with Crippen LogP contribution in [0.25, 0.3) is 11.0 Å². The summed E-state index contributed by atoms with van der Waals surface area (Å²) in [7, 11) is -2.19. The maximum Gasteiger partial charge on any atom is 0.245 e. The summed E-state index contributed by atoms with van der Waals surface area (Å²) in [6, 6.07) is 14.5. The van der Waals surface area contributed by atoms with Gasteiger partial charge >= 0.3 is 0 Å². The molecule has 0 fully saturated rings. The normalized spacial score (nSPS) is 13.3. The molecule has 8 nitrogen and oxygen atoms in total. The van der Waals surface area contributed by atoms with Crippen molar-refractivity contribution >= 4 is 21.1 Å². The molecule has 2 aromatic carbocycles. The van der Waals surface area contributed by atoms with Crippen molar-refractivity contribution in [2.24, 2.45) is 5.92 Å². The minimum absolute atomic E-state index is 0.228. The van der Waals surface area contributed by atoms with Crippen molar-refractivity contribution in [2.75, 3.05) is 7.05 Å². The van der Waals surface area contributed by atoms with Crippen molar-refractivity contribution in [3.8, 4) is 0 Å². The fraction of sp³-hybridized carbons (Fsp3) is 0.375. The van der Waals surface area contributed by atoms with Gasteiger partial charge in [-0.15, -0.1) is 0 Å². The number of hydrogen-bond donors (Lipinski definition) is 0. The first-order chi connectivity index (χ1) is 15.7. The lowest BCUT2D eigenvalue weighted by molar-refractivity contribution is 0.247. The van der Waals surface area contributed by atoms with E-state index in [4.69, 9.17) is 4.52 Å². The number of rotatable bonds is 8. The second-order valence-electron chi connectivity index (χ2n) is 8.72. The quantitative estimate of drug-likeness (QED) is 0.379. The molecule has 0 amide bonds. The van der Waals surface area contributed by atoms with Crippen molar-refractivity contribution in [2.45, 2.75) is 51.6 Å². The lowest BCUT2D eigenvalue weighted by Gasteiger charge is -2.26. The van der Waals surface area contributed by atoms with Gasteiger partial charge in [0.1, 0.15) is 11.9 Å². The molecule has 2 heterocycles. The molecule has 0 radical (unpaired) electrons. The van der Waals surface area contributed by atoms with E-state index in [1.54, 1.807) is 26.1 Å². The largest absolute Gasteiger partial charge is 0.338 e. The van der Waals surface area contributed by atoms with Crippen molar-refractivity contribution in [3.63, 3.8) is 0 Å². The topological polar surface area (TPSA) is 94.1 Å². The van der Waals surface area contributed by atoms with Gasteiger partial charge in [-0.3, -0.25) is 0 Å². The molecular formula is C24H29N5O3S. The predicted octanol–water partition coefficient (Wildman–Crippen LogP) is 4.49. The van der Waals surface area contributed by atoms with Gasteiger partial charge in [0, 0.05) is 13.6 Å². The van der Waals surface area contributed by atoms with Gasteiger partial charge in [0.05, 0.1) is 15.9 Å². The minimum atomic E-state index is -3.76. The Morgan fingerprint density at radius 2 is 1.73 bits per heavy atom. The lowest BCUT2D eigenvalue weighted by Crippen LogP contribution is -2.32. The average Bonchev–Trinajstić information content (AvgIpc) is 3.35. The number of aryl methyl sites for hydroxylation is 2. The second-order valence-corrected chi connectivity index (χ2v) is 10.7. The summed E-state index contributed by atoms with van der Waals surface area (Å²) in [6.07, 6.45) is 0.572. The van der Waals surface area contributed by atoms with Crippen LogP contribution in [0.4, 0.5) is 0 Å². The van der Waals surface area contributed by atoms with Crippen molar-refractivity contribution in [1.82, 2.24) is 24.0 Å². The van der Waals surface area contributed by atoms with Crippen molar-refractivity contribution < 1.29 is 12.9 Å². The standard InChI is InChI=1S/C24H29N5O3S/c1-16(2)14-23(24-25-17(3)27-32-24)28(5)33(30,31)20-12-10-19(11-13-20)15-29-18(4)26-21-8-6-7-9-22(21)29/h6-13,16,23H,14-15H2,1-5H3. The molecule has 4 rings (SSSR count). The van der Waals surface area contributed by atoms with Crippen LogP contribution in [0.1, 0.15) is 49.4 Å². The second kappa shape index (κ2) is 9.07. The Hall–Kier alpha value is -3.04. The third-order valence-electron chi connectivity index (χ3n) is 5.75. The van der Waals surface area contributed by atoms with Gasteiger partial charge in [-0.25, -0.2) is 13.4 Å². The summed E-state index contributed by atoms with van der Waals surface area (Å²) in [5, 5.41) is 3.84. The van der Waals surface area contributed by atoms with E-state index in [9.17, 15) is 8.42 Å². The highest BCUT2D eigenvalue weighted by atomic mass is 32.2. The van der Waals surface area contributed by atoms with Crippen LogP contribution in [-0.2, 0) is 16.6 Å². The Balaban J connectivity index is 1.59. The Kier molecular flexibility index (Phi) is 6.36. The number of fused-ring (bicyclic) bond motifs is 1. The number of hydrogen-bond acceptors (Lipinski definition) is 6. The average molecular weight is 468 g/mol. The molecule has 2 aromatic heterocycles. The molecule has 0 aliphatic rings. The lowest BCUT2D eigenvalue weighted by atomic mass is 10.0. The van der Waals surface area contributed by atoms with Crippen LogP contribution in [0.2, 0.25) is 0 Å². The third kappa shape index (κ3) is 4.69. The highest BCUT2D eigenvalue weighted by Gasteiger charge is 2.33. The molecule has 0 aliphatic carbocycles. The zero-order chi connectivity index (χ0) is 23.8. The van der Waals surface area contributed by atoms with Gasteiger partial charge in [-0.2, -0.15) is 9.29 Å². The first-order valence-corrected chi connectivity index (χ1v) is 12.4. The van der Waals surface area contributed by atoms with Gasteiger partial charge in [0.15, 0.2) is 5.82 Å². The molecule has 0 saturated heterocycles. The SMILES string of the molecule is Cc1noc(C(CC(C)C)N(C)S(=O)(=O)c2ccc(Cn3c(C)nc4ccccc43)cc2)n1. The first-order valence-electron chi connectivity index (χ1n) is 11.0. The zero-order valence-corrected chi connectivity index (χ0v) is 20.4. The molecule has 0 saturated carbocycles. The van der Waals surface area contributed by atoms with Gasteiger partial charge < -0.3 is 9.09 Å². The molecule has 9 heteroatoms. The van der Waals surface area contributed by atoms with E-state index in [1.807, 2.05) is 57.2 Å². The van der Waals surface area contributed by atoms with Crippen LogP contribution in [-0.4, -0.2) is 39.5 Å². The summed E-state index contributed by atoms with van der Waals surface area (Å²) < 4.78 is 35.6. The molecule has 0 aliphatic heterocycles. The summed E-state index contributed by atoms with van der Waals surface area (Å²) in [4.78, 5) is 9.12. The third-order valence-corrected chi connectivity index (χ3v) is 7.63. The number of para-hydroxylation sites is 2. The van der Waals surface area contributed by atoms with E-state index in [0.29, 0.717) is 24.7 Å². The zero-order valence-electron chi connectivity index (χ0n) is 19.6. The Morgan fingerprint density at radius 1 is 1.03 bits per heavy atom. The molecule has 1 unspecified atom stereocenters. The number of benzene rings is 2. The Bertz CT molecular complexity index is 1360. The van der Waals surface area contributed by atoms with E-state index >= 15 is 0 Å². The number of nitrogens with zero attached hydrogens (tertiary/aromatic N) is 5. The van der Waals surface area contributed by atoms with E-state index in [1.165, 1.54) is 4.31 Å². The fourth-order valence-electron chi connectivity index (χ4n) is 3.98. The summed E-state index contributed by atoms with van der Waals surface area (Å²) >= 11 is 0. The number of imidazole rings is 1. The van der Waals surface area contributed by atoms with Crippen LogP contribution in [0.5, 0.6) is 0 Å². The van der Waals surface area contributed by atoms with Crippen molar-refractivity contribution in [3.05, 3.63) is 71.6 Å². The smallest absolute Gasteiger partial charge is 0.245 e. The fourth-order valence-corrected chi connectivity index (χ4v) is 5.30. The predicted molar refractivity (Wildman–Crippen MR) is 126 cm³/mol. The summed E-state index contributed by atoms with van der Waals surface area (Å²) in [6.45, 7) is 8.38. The molecule has 174 valence electrons. The summed E-state index contributed by atoms with van der Waals surface area (Å²) in [5.74, 6) is 1.96. The number of aromatic nitrogens is 4. The maximum atomic E-state index is 13.4. The van der Waals surface area contributed by atoms with Crippen LogP contribution < -0.4 is 0 Å². The highest BCUT2D eigenvalue weighted by molar-refractivity contribution is 7.89.